The van der Waals surface area contributed by atoms with Crippen LogP contribution in [0.5, 0.6) is 11.5 Å². The molecule has 0 spiro atoms. The Hall–Kier alpha value is -1.34. The van der Waals surface area contributed by atoms with Gasteiger partial charge in [-0.25, -0.2) is 0 Å². The number of fused-ring (bicyclic) bond motifs is 1. The lowest BCUT2D eigenvalue weighted by atomic mass is 10.2. The van der Waals surface area contributed by atoms with Crippen LogP contribution in [0.2, 0.25) is 0 Å². The van der Waals surface area contributed by atoms with Crippen LogP contribution in [0.4, 0.5) is 0 Å². The normalized spacial score (nSPS) is 27.7. The lowest BCUT2D eigenvalue weighted by molar-refractivity contribution is -1.01. The van der Waals surface area contributed by atoms with Gasteiger partial charge in [-0.15, -0.1) is 0 Å². The zero-order chi connectivity index (χ0) is 16.8. The lowest BCUT2D eigenvalue weighted by Gasteiger charge is -2.30. The first-order valence-electron chi connectivity index (χ1n) is 9.06. The number of piperazine rings is 1. The fraction of sp³-hybridized carbons (Fsp3) is 0.667. The molecule has 0 aromatic heterocycles. The van der Waals surface area contributed by atoms with E-state index in [0.717, 1.165) is 31.1 Å². The topological polar surface area (TPSA) is 56.8 Å². The van der Waals surface area contributed by atoms with E-state index in [9.17, 15) is 5.11 Å². The van der Waals surface area contributed by atoms with Crippen LogP contribution in [-0.2, 0) is 4.74 Å². The Morgan fingerprint density at radius 2 is 1.88 bits per heavy atom. The number of aliphatic hydroxyl groups excluding tert-OH is 1. The second-order valence-corrected chi connectivity index (χ2v) is 6.75. The fourth-order valence-corrected chi connectivity index (χ4v) is 3.39. The maximum atomic E-state index is 10.2. The molecule has 2 atom stereocenters. The molecule has 0 amide bonds. The first-order valence-corrected chi connectivity index (χ1v) is 9.06. The Balaban J connectivity index is 1.32. The average molecular weight is 338 g/mol. The molecule has 0 saturated carbocycles. The molecule has 0 aliphatic carbocycles. The van der Waals surface area contributed by atoms with Crippen molar-refractivity contribution >= 4 is 0 Å². The van der Waals surface area contributed by atoms with Crippen LogP contribution in [0.25, 0.3) is 0 Å². The summed E-state index contributed by atoms with van der Waals surface area (Å²) in [6.07, 6.45) is -0.531. The quantitative estimate of drug-likeness (QED) is 0.539. The molecule has 3 rings (SSSR count). The molecule has 6 heteroatoms. The summed E-state index contributed by atoms with van der Waals surface area (Å²) < 4.78 is 17.2. The van der Waals surface area contributed by atoms with Gasteiger partial charge in [-0.2, -0.15) is 0 Å². The van der Waals surface area contributed by atoms with Crippen LogP contribution in [0, 0.1) is 0 Å². The highest BCUT2D eigenvalue weighted by molar-refractivity contribution is 5.40. The van der Waals surface area contributed by atoms with Crippen LogP contribution in [0.15, 0.2) is 24.3 Å². The summed E-state index contributed by atoms with van der Waals surface area (Å²) in [7, 11) is 0. The van der Waals surface area contributed by atoms with E-state index in [0.29, 0.717) is 19.8 Å². The molecule has 0 unspecified atom stereocenters. The van der Waals surface area contributed by atoms with Crippen LogP contribution in [0.3, 0.4) is 0 Å². The van der Waals surface area contributed by atoms with E-state index in [2.05, 4.69) is 6.92 Å². The Morgan fingerprint density at radius 1 is 1.17 bits per heavy atom. The van der Waals surface area contributed by atoms with E-state index in [1.165, 1.54) is 24.5 Å². The molecule has 2 aliphatic heterocycles. The summed E-state index contributed by atoms with van der Waals surface area (Å²) in [4.78, 5) is 3.15. The van der Waals surface area contributed by atoms with Crippen molar-refractivity contribution in [2.24, 2.45) is 0 Å². The van der Waals surface area contributed by atoms with Gasteiger partial charge in [0.15, 0.2) is 17.6 Å². The Kier molecular flexibility index (Phi) is 6.31. The van der Waals surface area contributed by atoms with Crippen molar-refractivity contribution in [2.45, 2.75) is 19.1 Å². The molecule has 1 aromatic carbocycles. The van der Waals surface area contributed by atoms with Crippen LogP contribution >= 0.6 is 0 Å². The summed E-state index contributed by atoms with van der Waals surface area (Å²) in [5.74, 6) is 1.55. The highest BCUT2D eigenvalue weighted by atomic mass is 16.6. The van der Waals surface area contributed by atoms with Gasteiger partial charge in [0.25, 0.3) is 0 Å². The number of likely N-dealkylation sites (N-methyl/N-ethyl adjacent to an activating group) is 1. The summed E-state index contributed by atoms with van der Waals surface area (Å²) >= 11 is 0. The molecule has 3 N–H and O–H groups in total. The number of hydrogen-bond acceptors (Lipinski definition) is 4. The number of nitrogens with one attached hydrogen (secondary N) is 2. The van der Waals surface area contributed by atoms with Crippen LogP contribution in [0.1, 0.15) is 6.92 Å². The number of ether oxygens (including phenoxy) is 3. The van der Waals surface area contributed by atoms with Gasteiger partial charge in [0.2, 0.25) is 0 Å². The third kappa shape index (κ3) is 4.83. The highest BCUT2D eigenvalue weighted by Crippen LogP contribution is 2.30. The minimum atomic E-state index is -0.417. The third-order valence-electron chi connectivity index (χ3n) is 4.87. The zero-order valence-electron chi connectivity index (χ0n) is 14.5. The lowest BCUT2D eigenvalue weighted by Crippen LogP contribution is -3.28. The van der Waals surface area contributed by atoms with Crippen LogP contribution < -0.4 is 19.3 Å². The van der Waals surface area contributed by atoms with E-state index in [1.807, 2.05) is 24.3 Å². The molecule has 0 radical (unpaired) electrons. The Labute approximate surface area is 143 Å². The maximum Gasteiger partial charge on any atom is 0.161 e. The molecule has 1 saturated heterocycles. The van der Waals surface area contributed by atoms with Gasteiger partial charge in [-0.1, -0.05) is 12.1 Å². The number of hydrogen-bond donors (Lipinski definition) is 3. The fourth-order valence-electron chi connectivity index (χ4n) is 3.39. The zero-order valence-corrected chi connectivity index (χ0v) is 14.5. The Morgan fingerprint density at radius 3 is 2.62 bits per heavy atom. The highest BCUT2D eigenvalue weighted by Gasteiger charge is 2.25. The first kappa shape index (κ1) is 17.5. The summed E-state index contributed by atoms with van der Waals surface area (Å²) in [6, 6.07) is 7.66. The number of para-hydroxylation sites is 2. The molecule has 1 fully saturated rings. The van der Waals surface area contributed by atoms with Gasteiger partial charge < -0.3 is 29.1 Å². The van der Waals surface area contributed by atoms with Gasteiger partial charge in [-0.05, 0) is 19.1 Å². The largest absolute Gasteiger partial charge is 0.486 e. The van der Waals surface area contributed by atoms with Gasteiger partial charge in [-0.3, -0.25) is 0 Å². The second-order valence-electron chi connectivity index (χ2n) is 6.75. The summed E-state index contributed by atoms with van der Waals surface area (Å²) in [5.41, 5.74) is 0. The summed E-state index contributed by atoms with van der Waals surface area (Å²) in [5, 5.41) is 10.2. The Bertz CT molecular complexity index is 506. The minimum Gasteiger partial charge on any atom is -0.486 e. The average Bonchev–Trinajstić information content (AvgIpc) is 2.62. The van der Waals surface area contributed by atoms with Crippen molar-refractivity contribution in [2.75, 3.05) is 59.1 Å². The van der Waals surface area contributed by atoms with E-state index in [1.54, 1.807) is 4.90 Å². The molecule has 2 heterocycles. The molecular formula is C18H30N2O4+2. The van der Waals surface area contributed by atoms with Gasteiger partial charge in [0.05, 0.1) is 19.8 Å². The van der Waals surface area contributed by atoms with Gasteiger partial charge in [0.1, 0.15) is 45.4 Å². The van der Waals surface area contributed by atoms with Crippen molar-refractivity contribution in [1.29, 1.82) is 0 Å². The molecule has 2 aliphatic rings. The van der Waals surface area contributed by atoms with Crippen molar-refractivity contribution in [3.05, 3.63) is 24.3 Å². The molecule has 1 aromatic rings. The number of rotatable bonds is 7. The molecular weight excluding hydrogens is 308 g/mol. The standard InChI is InChI=1S/C18H28N2O4/c1-2-19-7-9-20(10-8-19)11-15(21)12-22-13-16-14-23-17-5-3-4-6-18(17)24-16/h3-6,15-16,21H,2,7-14H2,1H3/p+2/t15-,16-/m1/s1. The molecule has 24 heavy (non-hydrogen) atoms. The number of benzene rings is 1. The first-order chi connectivity index (χ1) is 11.7. The SMILES string of the molecule is CC[NH+]1CC[NH+](C[C@@H](O)COC[C@@H]2COc3ccccc3O2)CC1. The van der Waals surface area contributed by atoms with Crippen molar-refractivity contribution in [3.63, 3.8) is 0 Å². The third-order valence-corrected chi connectivity index (χ3v) is 4.87. The second kappa shape index (κ2) is 8.67. The van der Waals surface area contributed by atoms with E-state index < -0.39 is 6.10 Å². The van der Waals surface area contributed by atoms with Crippen LogP contribution in [-0.4, -0.2) is 76.4 Å². The predicted octanol–water partition coefficient (Wildman–Crippen LogP) is -1.99. The molecule has 0 bridgehead atoms. The smallest absolute Gasteiger partial charge is 0.161 e. The van der Waals surface area contributed by atoms with E-state index in [-0.39, 0.29) is 6.10 Å². The predicted molar refractivity (Wildman–Crippen MR) is 90.0 cm³/mol. The minimum absolute atomic E-state index is 0.115. The monoisotopic (exact) mass is 338 g/mol. The molecule has 6 nitrogen and oxygen atoms in total. The number of quaternary nitrogens is 2. The van der Waals surface area contributed by atoms with E-state index in [4.69, 9.17) is 14.2 Å². The van der Waals surface area contributed by atoms with Gasteiger partial charge in [0, 0.05) is 0 Å². The number of aliphatic hydroxyl groups is 1. The van der Waals surface area contributed by atoms with E-state index >= 15 is 0 Å². The van der Waals surface area contributed by atoms with Crippen molar-refractivity contribution < 1.29 is 29.1 Å². The summed E-state index contributed by atoms with van der Waals surface area (Å²) in [6.45, 7) is 10.2. The molecule has 134 valence electrons. The maximum absolute atomic E-state index is 10.2. The van der Waals surface area contributed by atoms with Crippen molar-refractivity contribution in [3.8, 4) is 11.5 Å². The van der Waals surface area contributed by atoms with Crippen molar-refractivity contribution in [1.82, 2.24) is 0 Å². The van der Waals surface area contributed by atoms with Gasteiger partial charge >= 0.3 is 0 Å².